The van der Waals surface area contributed by atoms with Crippen LogP contribution in [0.25, 0.3) is 11.0 Å². The zero-order valence-corrected chi connectivity index (χ0v) is 11.2. The van der Waals surface area contributed by atoms with Crippen LogP contribution in [0.4, 0.5) is 5.95 Å². The minimum Gasteiger partial charge on any atom is -0.335 e. The van der Waals surface area contributed by atoms with E-state index in [-0.39, 0.29) is 0 Å². The van der Waals surface area contributed by atoms with Gasteiger partial charge in [0.1, 0.15) is 5.52 Å². The smallest absolute Gasteiger partial charge is 0.246 e. The molecular weight excluding hydrogens is 238 g/mol. The number of benzene rings is 1. The Balaban J connectivity index is 1.92. The second-order valence-corrected chi connectivity index (χ2v) is 5.00. The van der Waals surface area contributed by atoms with Crippen LogP contribution >= 0.6 is 0 Å². The van der Waals surface area contributed by atoms with Crippen LogP contribution in [0.15, 0.2) is 24.3 Å². The molecule has 1 saturated heterocycles. The van der Waals surface area contributed by atoms with Gasteiger partial charge >= 0.3 is 0 Å². The van der Waals surface area contributed by atoms with E-state index in [0.717, 1.165) is 30.1 Å². The third kappa shape index (κ3) is 2.51. The molecule has 1 unspecified atom stereocenters. The van der Waals surface area contributed by atoms with Crippen molar-refractivity contribution in [3.8, 4) is 0 Å². The number of nitrogens with one attached hydrogen (secondary N) is 1. The lowest BCUT2D eigenvalue weighted by Gasteiger charge is -2.35. The summed E-state index contributed by atoms with van der Waals surface area (Å²) in [5, 5.41) is 11.8. The number of nitrogens with zero attached hydrogens (tertiary/aromatic N) is 4. The first kappa shape index (κ1) is 12.3. The van der Waals surface area contributed by atoms with Gasteiger partial charge in [0.25, 0.3) is 0 Å². The summed E-state index contributed by atoms with van der Waals surface area (Å²) in [4.78, 5) is 6.95. The highest BCUT2D eigenvalue weighted by Crippen LogP contribution is 2.22. The van der Waals surface area contributed by atoms with Crippen LogP contribution in [0.2, 0.25) is 0 Å². The molecule has 1 aromatic heterocycles. The number of likely N-dealkylation sites (N-methyl/N-ethyl adjacent to an activating group) is 1. The summed E-state index contributed by atoms with van der Waals surface area (Å²) in [7, 11) is 1.99. The number of rotatable bonds is 3. The maximum Gasteiger partial charge on any atom is 0.246 e. The van der Waals surface area contributed by atoms with Crippen molar-refractivity contribution in [2.45, 2.75) is 25.3 Å². The van der Waals surface area contributed by atoms with Gasteiger partial charge in [-0.1, -0.05) is 12.1 Å². The van der Waals surface area contributed by atoms with Gasteiger partial charge in [-0.2, -0.15) is 0 Å². The van der Waals surface area contributed by atoms with Crippen LogP contribution < -0.4 is 10.2 Å². The van der Waals surface area contributed by atoms with Gasteiger partial charge in [-0.25, -0.2) is 4.98 Å². The molecule has 0 saturated carbocycles. The minimum absolute atomic E-state index is 0.474. The molecule has 19 heavy (non-hydrogen) atoms. The third-order valence-electron chi connectivity index (χ3n) is 3.67. The van der Waals surface area contributed by atoms with Crippen molar-refractivity contribution in [3.05, 3.63) is 24.3 Å². The maximum atomic E-state index is 4.66. The van der Waals surface area contributed by atoms with Crippen molar-refractivity contribution < 1.29 is 0 Å². The molecule has 1 fully saturated rings. The monoisotopic (exact) mass is 257 g/mol. The fourth-order valence-electron chi connectivity index (χ4n) is 2.71. The molecule has 1 aliphatic heterocycles. The van der Waals surface area contributed by atoms with E-state index in [1.54, 1.807) is 0 Å². The van der Waals surface area contributed by atoms with Crippen molar-refractivity contribution in [1.29, 1.82) is 0 Å². The molecular formula is C14H19N5. The average molecular weight is 257 g/mol. The number of aromatic nitrogens is 3. The summed E-state index contributed by atoms with van der Waals surface area (Å²) in [5.74, 6) is 0.763. The van der Waals surface area contributed by atoms with E-state index in [1.807, 2.05) is 31.3 Å². The van der Waals surface area contributed by atoms with Crippen LogP contribution in [-0.4, -0.2) is 41.4 Å². The molecule has 0 aliphatic carbocycles. The Morgan fingerprint density at radius 2 is 2.05 bits per heavy atom. The topological polar surface area (TPSA) is 53.9 Å². The second kappa shape index (κ2) is 5.48. The Hall–Kier alpha value is -1.75. The fraction of sp³-hybridized carbons (Fsp3) is 0.500. The largest absolute Gasteiger partial charge is 0.335 e. The van der Waals surface area contributed by atoms with E-state index in [1.165, 1.54) is 19.3 Å². The van der Waals surface area contributed by atoms with E-state index < -0.39 is 0 Å². The Kier molecular flexibility index (Phi) is 3.55. The lowest BCUT2D eigenvalue weighted by molar-refractivity contribution is 0.439. The van der Waals surface area contributed by atoms with Crippen molar-refractivity contribution in [2.75, 3.05) is 25.0 Å². The highest BCUT2D eigenvalue weighted by atomic mass is 15.3. The van der Waals surface area contributed by atoms with Crippen LogP contribution in [0, 0.1) is 0 Å². The van der Waals surface area contributed by atoms with Gasteiger partial charge in [0.15, 0.2) is 0 Å². The van der Waals surface area contributed by atoms with E-state index in [9.17, 15) is 0 Å². The zero-order chi connectivity index (χ0) is 13.1. The highest BCUT2D eigenvalue weighted by molar-refractivity contribution is 5.74. The van der Waals surface area contributed by atoms with Gasteiger partial charge in [0, 0.05) is 19.1 Å². The minimum atomic E-state index is 0.474. The Morgan fingerprint density at radius 3 is 2.89 bits per heavy atom. The zero-order valence-electron chi connectivity index (χ0n) is 11.2. The molecule has 5 nitrogen and oxygen atoms in total. The van der Waals surface area contributed by atoms with Crippen molar-refractivity contribution >= 4 is 17.0 Å². The molecule has 1 aliphatic rings. The summed E-state index contributed by atoms with van der Waals surface area (Å²) in [5.41, 5.74) is 1.77. The molecule has 3 rings (SSSR count). The van der Waals surface area contributed by atoms with Gasteiger partial charge in [0.05, 0.1) is 5.52 Å². The van der Waals surface area contributed by atoms with Crippen molar-refractivity contribution in [3.63, 3.8) is 0 Å². The summed E-state index contributed by atoms with van der Waals surface area (Å²) < 4.78 is 0. The number of anilines is 1. The van der Waals surface area contributed by atoms with Crippen LogP contribution in [0.1, 0.15) is 19.3 Å². The molecule has 1 N–H and O–H groups in total. The Bertz CT molecular complexity index is 554. The molecule has 0 amide bonds. The summed E-state index contributed by atoms with van der Waals surface area (Å²) in [6.45, 7) is 1.99. The number of hydrogen-bond acceptors (Lipinski definition) is 5. The van der Waals surface area contributed by atoms with Crippen molar-refractivity contribution in [1.82, 2.24) is 20.5 Å². The van der Waals surface area contributed by atoms with E-state index in [4.69, 9.17) is 0 Å². The highest BCUT2D eigenvalue weighted by Gasteiger charge is 2.24. The van der Waals surface area contributed by atoms with E-state index >= 15 is 0 Å². The second-order valence-electron chi connectivity index (χ2n) is 5.00. The molecule has 2 aromatic rings. The molecule has 1 atom stereocenters. The first-order valence-electron chi connectivity index (χ1n) is 6.89. The molecule has 5 heteroatoms. The van der Waals surface area contributed by atoms with Crippen LogP contribution in [0.5, 0.6) is 0 Å². The quantitative estimate of drug-likeness (QED) is 0.905. The van der Waals surface area contributed by atoms with Crippen LogP contribution in [0.3, 0.4) is 0 Å². The lowest BCUT2D eigenvalue weighted by Crippen LogP contribution is -2.45. The van der Waals surface area contributed by atoms with E-state index in [2.05, 4.69) is 25.4 Å². The predicted molar refractivity (Wildman–Crippen MR) is 76.2 cm³/mol. The predicted octanol–water partition coefficient (Wildman–Crippen LogP) is 1.60. The normalized spacial score (nSPS) is 19.8. The number of fused-ring (bicyclic) bond motifs is 1. The molecule has 0 spiro atoms. The number of piperidine rings is 1. The molecule has 100 valence electrons. The maximum absolute atomic E-state index is 4.66. The van der Waals surface area contributed by atoms with Gasteiger partial charge < -0.3 is 10.2 Å². The Labute approximate surface area is 113 Å². The first-order valence-corrected chi connectivity index (χ1v) is 6.89. The average Bonchev–Trinajstić information content (AvgIpc) is 2.48. The third-order valence-corrected chi connectivity index (χ3v) is 3.67. The SMILES string of the molecule is CNCC1CCCCN1c1nnc2ccccc2n1. The summed E-state index contributed by atoms with van der Waals surface area (Å²) in [6, 6.07) is 8.36. The van der Waals surface area contributed by atoms with Gasteiger partial charge in [-0.3, -0.25) is 0 Å². The van der Waals surface area contributed by atoms with Crippen molar-refractivity contribution in [2.24, 2.45) is 0 Å². The van der Waals surface area contributed by atoms with E-state index in [0.29, 0.717) is 6.04 Å². The van der Waals surface area contributed by atoms with Gasteiger partial charge in [-0.05, 0) is 38.4 Å². The Morgan fingerprint density at radius 1 is 1.21 bits per heavy atom. The van der Waals surface area contributed by atoms with Gasteiger partial charge in [-0.15, -0.1) is 10.2 Å². The lowest BCUT2D eigenvalue weighted by atomic mass is 10.0. The molecule has 1 aromatic carbocycles. The van der Waals surface area contributed by atoms with Crippen LogP contribution in [-0.2, 0) is 0 Å². The molecule has 2 heterocycles. The summed E-state index contributed by atoms with van der Waals surface area (Å²) >= 11 is 0. The summed E-state index contributed by atoms with van der Waals surface area (Å²) in [6.07, 6.45) is 3.68. The molecule has 0 bridgehead atoms. The fourth-order valence-corrected chi connectivity index (χ4v) is 2.71. The first-order chi connectivity index (χ1) is 9.38. The standard InChI is InChI=1S/C14H19N5/c1-15-10-11-6-4-5-9-19(11)14-16-12-7-2-3-8-13(12)17-18-14/h2-3,7-8,11,15H,4-6,9-10H2,1H3. The van der Waals surface area contributed by atoms with Gasteiger partial charge in [0.2, 0.25) is 5.95 Å². The molecule has 0 radical (unpaired) electrons. The number of hydrogen-bond donors (Lipinski definition) is 1. The number of para-hydroxylation sites is 1.